The molecule has 4 rings (SSSR count). The molecule has 162 valence electrons. The maximum atomic E-state index is 13.7. The number of rotatable bonds is 6. The van der Waals surface area contributed by atoms with Crippen molar-refractivity contribution >= 4 is 40.1 Å². The van der Waals surface area contributed by atoms with Crippen LogP contribution in [0.25, 0.3) is 11.0 Å². The Morgan fingerprint density at radius 3 is 2.47 bits per heavy atom. The lowest BCUT2D eigenvalue weighted by Gasteiger charge is -2.07. The highest BCUT2D eigenvalue weighted by molar-refractivity contribution is 6.34. The maximum absolute atomic E-state index is 13.7. The van der Waals surface area contributed by atoms with Crippen molar-refractivity contribution in [1.82, 2.24) is 14.9 Å². The van der Waals surface area contributed by atoms with Crippen LogP contribution in [0.15, 0.2) is 66.7 Å². The summed E-state index contributed by atoms with van der Waals surface area (Å²) in [6.45, 7) is 0.306. The SMILES string of the molecule is Cn1c(CCNC(=O)c2ccccc2F)nc2cc(NC(=O)c3ccccc3Cl)ccc21. The number of carbonyl (C=O) groups excluding carboxylic acids is 2. The smallest absolute Gasteiger partial charge is 0.257 e. The van der Waals surface area contributed by atoms with Crippen LogP contribution in [0.4, 0.5) is 10.1 Å². The van der Waals surface area contributed by atoms with Crippen LogP contribution in [0.1, 0.15) is 26.5 Å². The number of aromatic nitrogens is 2. The third-order valence-corrected chi connectivity index (χ3v) is 5.43. The van der Waals surface area contributed by atoms with Gasteiger partial charge in [-0.25, -0.2) is 9.37 Å². The summed E-state index contributed by atoms with van der Waals surface area (Å²) in [6, 6.07) is 18.1. The molecule has 4 aromatic rings. The highest BCUT2D eigenvalue weighted by Crippen LogP contribution is 2.22. The second-order valence-electron chi connectivity index (χ2n) is 7.21. The Kier molecular flexibility index (Phi) is 6.18. The number of anilines is 1. The van der Waals surface area contributed by atoms with Gasteiger partial charge in [-0.15, -0.1) is 0 Å². The first-order chi connectivity index (χ1) is 15.4. The molecule has 0 bridgehead atoms. The Balaban J connectivity index is 1.44. The van der Waals surface area contributed by atoms with Gasteiger partial charge < -0.3 is 15.2 Å². The summed E-state index contributed by atoms with van der Waals surface area (Å²) in [5, 5.41) is 5.93. The summed E-state index contributed by atoms with van der Waals surface area (Å²) in [5.74, 6) is -0.573. The number of hydrogen-bond acceptors (Lipinski definition) is 3. The average Bonchev–Trinajstić information content (AvgIpc) is 3.09. The van der Waals surface area contributed by atoms with Crippen molar-refractivity contribution in [2.24, 2.45) is 7.05 Å². The Hall–Kier alpha value is -3.71. The normalized spacial score (nSPS) is 10.8. The van der Waals surface area contributed by atoms with Crippen LogP contribution in [-0.4, -0.2) is 27.9 Å². The number of hydrogen-bond donors (Lipinski definition) is 2. The van der Waals surface area contributed by atoms with Crippen molar-refractivity contribution in [2.45, 2.75) is 6.42 Å². The quantitative estimate of drug-likeness (QED) is 0.451. The molecule has 0 aliphatic heterocycles. The predicted molar refractivity (Wildman–Crippen MR) is 123 cm³/mol. The molecule has 0 unspecified atom stereocenters. The van der Waals surface area contributed by atoms with Crippen molar-refractivity contribution in [2.75, 3.05) is 11.9 Å². The van der Waals surface area contributed by atoms with E-state index in [0.29, 0.717) is 34.8 Å². The first-order valence-corrected chi connectivity index (χ1v) is 10.4. The third kappa shape index (κ3) is 4.48. The Bertz CT molecular complexity index is 1320. The maximum Gasteiger partial charge on any atom is 0.257 e. The molecular weight excluding hydrogens is 431 g/mol. The third-order valence-electron chi connectivity index (χ3n) is 5.10. The van der Waals surface area contributed by atoms with Gasteiger partial charge in [0.15, 0.2) is 0 Å². The van der Waals surface area contributed by atoms with Crippen LogP contribution in [0, 0.1) is 5.82 Å². The highest BCUT2D eigenvalue weighted by Gasteiger charge is 2.14. The van der Waals surface area contributed by atoms with E-state index in [2.05, 4.69) is 15.6 Å². The standard InChI is InChI=1S/C24H20ClFN4O2/c1-30-21-11-10-15(28-24(32)16-6-2-4-8-18(16)25)14-20(21)29-22(30)12-13-27-23(31)17-7-3-5-9-19(17)26/h2-11,14H,12-13H2,1H3,(H,27,31)(H,28,32). The van der Waals surface area contributed by atoms with E-state index in [9.17, 15) is 14.0 Å². The van der Waals surface area contributed by atoms with Gasteiger partial charge in [0.1, 0.15) is 11.6 Å². The van der Waals surface area contributed by atoms with E-state index in [-0.39, 0.29) is 11.5 Å². The second-order valence-corrected chi connectivity index (χ2v) is 7.62. The fourth-order valence-electron chi connectivity index (χ4n) is 3.42. The number of aryl methyl sites for hydroxylation is 1. The van der Waals surface area contributed by atoms with Crippen LogP contribution < -0.4 is 10.6 Å². The van der Waals surface area contributed by atoms with Gasteiger partial charge in [-0.1, -0.05) is 35.9 Å². The number of benzene rings is 3. The topological polar surface area (TPSA) is 76.0 Å². The Morgan fingerprint density at radius 1 is 1.00 bits per heavy atom. The highest BCUT2D eigenvalue weighted by atomic mass is 35.5. The molecule has 0 fully saturated rings. The van der Waals surface area contributed by atoms with E-state index >= 15 is 0 Å². The molecule has 6 nitrogen and oxygen atoms in total. The Morgan fingerprint density at radius 2 is 1.72 bits per heavy atom. The van der Waals surface area contributed by atoms with Crippen molar-refractivity contribution < 1.29 is 14.0 Å². The zero-order valence-electron chi connectivity index (χ0n) is 17.2. The summed E-state index contributed by atoms with van der Waals surface area (Å²) >= 11 is 6.10. The van der Waals surface area contributed by atoms with E-state index in [1.54, 1.807) is 42.5 Å². The van der Waals surface area contributed by atoms with E-state index in [0.717, 1.165) is 11.3 Å². The van der Waals surface area contributed by atoms with Gasteiger partial charge in [0.25, 0.3) is 11.8 Å². The molecule has 8 heteroatoms. The first-order valence-electron chi connectivity index (χ1n) is 9.98. The number of carbonyl (C=O) groups is 2. The van der Waals surface area contributed by atoms with Crippen LogP contribution in [0.2, 0.25) is 5.02 Å². The summed E-state index contributed by atoms with van der Waals surface area (Å²) in [7, 11) is 1.88. The van der Waals surface area contributed by atoms with Crippen LogP contribution in [0.3, 0.4) is 0 Å². The lowest BCUT2D eigenvalue weighted by Crippen LogP contribution is -2.27. The number of amides is 2. The van der Waals surface area contributed by atoms with Gasteiger partial charge >= 0.3 is 0 Å². The summed E-state index contributed by atoms with van der Waals surface area (Å²) in [6.07, 6.45) is 0.465. The average molecular weight is 451 g/mol. The summed E-state index contributed by atoms with van der Waals surface area (Å²) in [5.41, 5.74) is 2.59. The molecule has 3 aromatic carbocycles. The van der Waals surface area contributed by atoms with Gasteiger partial charge in [0, 0.05) is 25.7 Å². The van der Waals surface area contributed by atoms with E-state index in [1.807, 2.05) is 17.7 Å². The molecule has 32 heavy (non-hydrogen) atoms. The minimum atomic E-state index is -0.556. The first kappa shape index (κ1) is 21.5. The molecule has 0 aliphatic rings. The molecule has 1 aromatic heterocycles. The molecule has 0 atom stereocenters. The fourth-order valence-corrected chi connectivity index (χ4v) is 3.64. The molecule has 0 radical (unpaired) electrons. The largest absolute Gasteiger partial charge is 0.351 e. The van der Waals surface area contributed by atoms with Crippen LogP contribution >= 0.6 is 11.6 Å². The van der Waals surface area contributed by atoms with Gasteiger partial charge in [0.2, 0.25) is 0 Å². The molecule has 0 saturated heterocycles. The van der Waals surface area contributed by atoms with Gasteiger partial charge in [0.05, 0.1) is 27.2 Å². The van der Waals surface area contributed by atoms with Gasteiger partial charge in [-0.05, 0) is 42.5 Å². The van der Waals surface area contributed by atoms with Crippen LogP contribution in [-0.2, 0) is 13.5 Å². The summed E-state index contributed by atoms with van der Waals surface area (Å²) < 4.78 is 15.7. The number of imidazole rings is 1. The number of halogens is 2. The molecule has 0 spiro atoms. The minimum Gasteiger partial charge on any atom is -0.351 e. The summed E-state index contributed by atoms with van der Waals surface area (Å²) in [4.78, 5) is 29.3. The zero-order valence-corrected chi connectivity index (χ0v) is 18.0. The monoisotopic (exact) mass is 450 g/mol. The van der Waals surface area contributed by atoms with Crippen molar-refractivity contribution in [3.63, 3.8) is 0 Å². The van der Waals surface area contributed by atoms with E-state index < -0.39 is 11.7 Å². The second kappa shape index (κ2) is 9.20. The molecular formula is C24H20ClFN4O2. The van der Waals surface area contributed by atoms with Crippen molar-refractivity contribution in [1.29, 1.82) is 0 Å². The number of nitrogens with zero attached hydrogens (tertiary/aromatic N) is 2. The number of nitrogens with one attached hydrogen (secondary N) is 2. The fraction of sp³-hybridized carbons (Fsp3) is 0.125. The number of fused-ring (bicyclic) bond motifs is 1. The van der Waals surface area contributed by atoms with Crippen LogP contribution in [0.5, 0.6) is 0 Å². The zero-order chi connectivity index (χ0) is 22.7. The lowest BCUT2D eigenvalue weighted by molar-refractivity contribution is 0.0949. The Labute approximate surface area is 189 Å². The minimum absolute atomic E-state index is 0.0106. The molecule has 2 amide bonds. The molecule has 2 N–H and O–H groups in total. The van der Waals surface area contributed by atoms with Crippen molar-refractivity contribution in [3.05, 3.63) is 94.5 Å². The molecule has 0 saturated carbocycles. The lowest BCUT2D eigenvalue weighted by atomic mass is 10.2. The molecule has 1 heterocycles. The molecule has 0 aliphatic carbocycles. The van der Waals surface area contributed by atoms with E-state index in [1.165, 1.54) is 18.2 Å². The van der Waals surface area contributed by atoms with Gasteiger partial charge in [-0.3, -0.25) is 9.59 Å². The van der Waals surface area contributed by atoms with Crippen molar-refractivity contribution in [3.8, 4) is 0 Å². The predicted octanol–water partition coefficient (Wildman–Crippen LogP) is 4.59. The van der Waals surface area contributed by atoms with E-state index in [4.69, 9.17) is 11.6 Å². The van der Waals surface area contributed by atoms with Gasteiger partial charge in [-0.2, -0.15) is 0 Å².